The molecule has 2 nitrogen and oxygen atoms in total. The highest BCUT2D eigenvalue weighted by Gasteiger charge is 2.21. The Morgan fingerprint density at radius 2 is 0.926 bits per heavy atom. The van der Waals surface area contributed by atoms with Crippen LogP contribution in [0, 0.1) is 0 Å². The Labute approximate surface area is 337 Å². The fourth-order valence-corrected chi connectivity index (χ4v) is 6.89. The standard InChI is InChI=1S/C52H35NO/c1-4-12-36(13-5-1)39-22-24-42(25-23-39)45-18-10-19-47-46(45)34-35-50-51(47)52-48(20-11-21-49(52)54-50)53(43-30-26-40(27-31-43)37-14-6-2-7-15-37)44-32-28-41(29-33-44)38-16-8-3-9-17-38/h1-35H/i2D,3D,6D,7D,8D,9D,14D,15D,16D,17D,26D,27D,28D,29D,30D,32D. The van der Waals surface area contributed by atoms with Crippen molar-refractivity contribution in [3.63, 3.8) is 0 Å². The first-order chi connectivity index (χ1) is 33.4. The van der Waals surface area contributed by atoms with Crippen LogP contribution in [0.3, 0.4) is 0 Å². The first-order valence-corrected chi connectivity index (χ1v) is 17.1. The van der Waals surface area contributed by atoms with Gasteiger partial charge in [-0.05, 0) is 97.7 Å². The molecule has 0 radical (unpaired) electrons. The van der Waals surface area contributed by atoms with Crippen LogP contribution >= 0.6 is 0 Å². The minimum Gasteiger partial charge on any atom is -0.456 e. The molecular formula is C52H35NO. The Balaban J connectivity index is 1.26. The zero-order valence-corrected chi connectivity index (χ0v) is 28.3. The summed E-state index contributed by atoms with van der Waals surface area (Å²) in [5.74, 6) is 0. The Kier molecular flexibility index (Phi) is 4.74. The van der Waals surface area contributed by atoms with E-state index in [2.05, 4.69) is 12.1 Å². The van der Waals surface area contributed by atoms with Crippen molar-refractivity contribution in [3.8, 4) is 44.5 Å². The fourth-order valence-electron chi connectivity index (χ4n) is 6.89. The van der Waals surface area contributed by atoms with Crippen LogP contribution in [0.1, 0.15) is 21.9 Å². The van der Waals surface area contributed by atoms with Crippen molar-refractivity contribution in [1.82, 2.24) is 0 Å². The average Bonchev–Trinajstić information content (AvgIpc) is 3.77. The van der Waals surface area contributed by atoms with Gasteiger partial charge in [-0.1, -0.05) is 170 Å². The van der Waals surface area contributed by atoms with Crippen molar-refractivity contribution in [2.75, 3.05) is 4.90 Å². The molecule has 2 heteroatoms. The van der Waals surface area contributed by atoms with Gasteiger partial charge in [0, 0.05) is 16.8 Å². The summed E-state index contributed by atoms with van der Waals surface area (Å²) < 4.78 is 147. The van der Waals surface area contributed by atoms with Gasteiger partial charge in [-0.3, -0.25) is 0 Å². The van der Waals surface area contributed by atoms with E-state index in [4.69, 9.17) is 18.1 Å². The molecule has 0 amide bonds. The molecule has 0 saturated heterocycles. The van der Waals surface area contributed by atoms with Gasteiger partial charge in [0.25, 0.3) is 0 Å². The quantitative estimate of drug-likeness (QED) is 0.164. The summed E-state index contributed by atoms with van der Waals surface area (Å²) >= 11 is 0. The molecule has 0 aliphatic heterocycles. The smallest absolute Gasteiger partial charge is 0.137 e. The third kappa shape index (κ3) is 5.62. The minimum absolute atomic E-state index is 0.215. The first-order valence-electron chi connectivity index (χ1n) is 25.1. The van der Waals surface area contributed by atoms with Crippen molar-refractivity contribution < 1.29 is 26.3 Å². The van der Waals surface area contributed by atoms with E-state index in [-0.39, 0.29) is 17.1 Å². The van der Waals surface area contributed by atoms with Crippen molar-refractivity contribution >= 4 is 49.8 Å². The Bertz CT molecular complexity index is 3670. The number of furan rings is 1. The second-order valence-electron chi connectivity index (χ2n) is 12.5. The molecule has 54 heavy (non-hydrogen) atoms. The summed E-state index contributed by atoms with van der Waals surface area (Å²) in [4.78, 5) is 1.33. The topological polar surface area (TPSA) is 16.4 Å². The van der Waals surface area contributed by atoms with E-state index in [0.717, 1.165) is 45.2 Å². The number of hydrogen-bond donors (Lipinski definition) is 0. The van der Waals surface area contributed by atoms with Crippen LogP contribution < -0.4 is 4.90 Å². The molecule has 0 saturated carbocycles. The summed E-state index contributed by atoms with van der Waals surface area (Å²) in [7, 11) is 0. The third-order valence-corrected chi connectivity index (χ3v) is 9.36. The van der Waals surface area contributed by atoms with Gasteiger partial charge in [0.2, 0.25) is 0 Å². The first kappa shape index (κ1) is 19.1. The van der Waals surface area contributed by atoms with Gasteiger partial charge in [0.1, 0.15) is 11.2 Å². The second kappa shape index (κ2) is 13.4. The SMILES string of the molecule is [2H]c1cc(N(c2cc([2H])c(-c3c([2H])c([2H])c([2H])c([2H])c3[2H])c([2H])c2[2H])c2cccc3oc4ccc5c(-c6ccc(-c7ccccc7)cc6)cccc5c4c23)c([2H])c([2H])c1-c1c([2H])c([2H])c([2H])c([2H])c1[2H]. The summed E-state index contributed by atoms with van der Waals surface area (Å²) in [5, 5.41) is 2.65. The summed E-state index contributed by atoms with van der Waals surface area (Å²) in [6.07, 6.45) is 0. The van der Waals surface area contributed by atoms with Crippen molar-refractivity contribution in [2.24, 2.45) is 0 Å². The predicted octanol–water partition coefficient (Wildman–Crippen LogP) is 14.9. The lowest BCUT2D eigenvalue weighted by Crippen LogP contribution is -2.10. The molecule has 0 aliphatic carbocycles. The highest BCUT2D eigenvalue weighted by atomic mass is 16.3. The fraction of sp³-hybridized carbons (Fsp3) is 0. The van der Waals surface area contributed by atoms with Crippen molar-refractivity contribution in [1.29, 1.82) is 0 Å². The molecule has 10 rings (SSSR count). The number of fused-ring (bicyclic) bond motifs is 5. The molecular weight excluding hydrogens is 655 g/mol. The van der Waals surface area contributed by atoms with Gasteiger partial charge in [0.15, 0.2) is 0 Å². The Morgan fingerprint density at radius 1 is 0.352 bits per heavy atom. The number of anilines is 3. The molecule has 0 N–H and O–H groups in total. The lowest BCUT2D eigenvalue weighted by atomic mass is 9.94. The van der Waals surface area contributed by atoms with E-state index in [1.54, 1.807) is 18.2 Å². The number of benzene rings is 9. The van der Waals surface area contributed by atoms with E-state index < -0.39 is 119 Å². The predicted molar refractivity (Wildman–Crippen MR) is 228 cm³/mol. The molecule has 0 fully saturated rings. The lowest BCUT2D eigenvalue weighted by Gasteiger charge is -2.27. The van der Waals surface area contributed by atoms with Gasteiger partial charge in [-0.2, -0.15) is 0 Å². The summed E-state index contributed by atoms with van der Waals surface area (Å²) in [5.41, 5.74) is 2.77. The third-order valence-electron chi connectivity index (χ3n) is 9.36. The molecule has 1 aromatic heterocycles. The molecule has 0 unspecified atom stereocenters. The molecule has 10 aromatic rings. The van der Waals surface area contributed by atoms with E-state index in [0.29, 0.717) is 21.9 Å². The minimum atomic E-state index is -0.700. The molecule has 0 spiro atoms. The summed E-state index contributed by atoms with van der Waals surface area (Å²) in [6, 6.07) is 24.6. The average molecular weight is 706 g/mol. The molecule has 9 aromatic carbocycles. The molecule has 0 aliphatic rings. The van der Waals surface area contributed by atoms with Crippen LogP contribution in [0.25, 0.3) is 77.2 Å². The highest BCUT2D eigenvalue weighted by Crippen LogP contribution is 2.46. The van der Waals surface area contributed by atoms with Crippen molar-refractivity contribution in [3.05, 3.63) is 212 Å². The lowest BCUT2D eigenvalue weighted by molar-refractivity contribution is 0.669. The van der Waals surface area contributed by atoms with E-state index in [1.807, 2.05) is 72.8 Å². The van der Waals surface area contributed by atoms with Crippen LogP contribution in [0.15, 0.2) is 216 Å². The maximum absolute atomic E-state index is 9.59. The van der Waals surface area contributed by atoms with E-state index >= 15 is 0 Å². The van der Waals surface area contributed by atoms with Crippen molar-refractivity contribution in [2.45, 2.75) is 0 Å². The normalized spacial score (nSPS) is 15.5. The van der Waals surface area contributed by atoms with Gasteiger partial charge in [-0.25, -0.2) is 0 Å². The molecule has 0 bridgehead atoms. The maximum Gasteiger partial charge on any atom is 0.137 e. The van der Waals surface area contributed by atoms with Gasteiger partial charge in [-0.15, -0.1) is 0 Å². The largest absolute Gasteiger partial charge is 0.456 e. The zero-order valence-electron chi connectivity index (χ0n) is 44.3. The second-order valence-corrected chi connectivity index (χ2v) is 12.5. The van der Waals surface area contributed by atoms with Gasteiger partial charge >= 0.3 is 0 Å². The van der Waals surface area contributed by atoms with E-state index in [9.17, 15) is 8.22 Å². The molecule has 0 atom stereocenters. The zero-order chi connectivity index (χ0) is 49.8. The van der Waals surface area contributed by atoms with Crippen LogP contribution in [0.5, 0.6) is 0 Å². The van der Waals surface area contributed by atoms with Gasteiger partial charge in [0.05, 0.1) is 33.0 Å². The Morgan fingerprint density at radius 3 is 1.59 bits per heavy atom. The summed E-state index contributed by atoms with van der Waals surface area (Å²) in [6.45, 7) is 0. The molecule has 254 valence electrons. The number of hydrogen-bond acceptors (Lipinski definition) is 2. The Hall–Kier alpha value is -7.16. The number of nitrogens with zero attached hydrogens (tertiary/aromatic N) is 1. The van der Waals surface area contributed by atoms with Crippen LogP contribution in [0.2, 0.25) is 0 Å². The highest BCUT2D eigenvalue weighted by molar-refractivity contribution is 6.24. The van der Waals surface area contributed by atoms with E-state index in [1.165, 1.54) is 4.90 Å². The molecule has 1 heterocycles. The van der Waals surface area contributed by atoms with Crippen LogP contribution in [0.4, 0.5) is 17.1 Å². The monoisotopic (exact) mass is 705 g/mol. The number of rotatable bonds is 7. The van der Waals surface area contributed by atoms with Crippen LogP contribution in [-0.4, -0.2) is 0 Å². The maximum atomic E-state index is 9.59. The van der Waals surface area contributed by atoms with Crippen LogP contribution in [-0.2, 0) is 0 Å². The van der Waals surface area contributed by atoms with Gasteiger partial charge < -0.3 is 9.32 Å².